The van der Waals surface area contributed by atoms with Crippen LogP contribution in [0.25, 0.3) is 33.3 Å². The summed E-state index contributed by atoms with van der Waals surface area (Å²) in [4.78, 5) is 24.5. The van der Waals surface area contributed by atoms with E-state index in [0.29, 0.717) is 17.7 Å². The molecule has 0 amide bonds. The van der Waals surface area contributed by atoms with E-state index in [9.17, 15) is 9.59 Å². The molecule has 0 saturated heterocycles. The number of nitrogens with zero attached hydrogens (tertiary/aromatic N) is 1. The first-order valence-electron chi connectivity index (χ1n) is 9.89. The van der Waals surface area contributed by atoms with Gasteiger partial charge in [0.15, 0.2) is 0 Å². The maximum Gasteiger partial charge on any atom is 0.245 e. The van der Waals surface area contributed by atoms with Gasteiger partial charge in [0.25, 0.3) is 0 Å². The molecule has 152 valence electrons. The largest absolute Gasteiger partial charge is 0.497 e. The predicted octanol–water partition coefficient (Wildman–Crippen LogP) is 5.28. The molecule has 0 fully saturated rings. The Morgan fingerprint density at radius 2 is 1.48 bits per heavy atom. The zero-order valence-electron chi connectivity index (χ0n) is 16.8. The number of rotatable bonds is 5. The normalized spacial score (nSPS) is 11.3. The number of methoxy groups -OCH3 is 1. The van der Waals surface area contributed by atoms with Gasteiger partial charge in [-0.2, -0.15) is 0 Å². The highest BCUT2D eigenvalue weighted by Gasteiger charge is 2.28. The standard InChI is InChI=1S/C26H18ClNO3/c1-31-18-13-11-16(12-14-18)15-28-20-10-6-5-9-19(20)21(22-23(27)26(30)25(22)29)24(28)17-7-3-2-4-8-17/h2-14H,15H2,1H3. The number of benzene rings is 3. The molecule has 5 rings (SSSR count). The molecule has 0 aliphatic carbocycles. The Labute approximate surface area is 183 Å². The van der Waals surface area contributed by atoms with Gasteiger partial charge < -0.3 is 9.30 Å². The van der Waals surface area contributed by atoms with E-state index in [2.05, 4.69) is 4.57 Å². The number of hydrogen-bond acceptors (Lipinski definition) is 3. The molecule has 0 aliphatic heterocycles. The second kappa shape index (κ2) is 7.56. The van der Waals surface area contributed by atoms with E-state index < -0.39 is 10.9 Å². The minimum Gasteiger partial charge on any atom is -0.497 e. The van der Waals surface area contributed by atoms with Gasteiger partial charge in [-0.3, -0.25) is 9.59 Å². The Morgan fingerprint density at radius 1 is 0.806 bits per heavy atom. The molecule has 5 aromatic rings. The van der Waals surface area contributed by atoms with Crippen LogP contribution in [-0.4, -0.2) is 11.7 Å². The van der Waals surface area contributed by atoms with Gasteiger partial charge in [-0.1, -0.05) is 72.3 Å². The molecule has 4 nitrogen and oxygen atoms in total. The Hall–Kier alpha value is -3.63. The van der Waals surface area contributed by atoms with Crippen molar-refractivity contribution in [2.45, 2.75) is 6.54 Å². The maximum absolute atomic E-state index is 12.5. The van der Waals surface area contributed by atoms with E-state index in [-0.39, 0.29) is 5.02 Å². The van der Waals surface area contributed by atoms with Crippen LogP contribution in [0, 0.1) is 0 Å². The van der Waals surface area contributed by atoms with Crippen molar-refractivity contribution in [3.8, 4) is 28.1 Å². The van der Waals surface area contributed by atoms with Gasteiger partial charge in [0, 0.05) is 23.0 Å². The van der Waals surface area contributed by atoms with Crippen molar-refractivity contribution < 1.29 is 4.74 Å². The van der Waals surface area contributed by atoms with Crippen LogP contribution in [0.4, 0.5) is 0 Å². The summed E-state index contributed by atoms with van der Waals surface area (Å²) in [5.41, 5.74) is 3.73. The molecule has 0 atom stereocenters. The van der Waals surface area contributed by atoms with E-state index in [4.69, 9.17) is 16.3 Å². The van der Waals surface area contributed by atoms with Crippen molar-refractivity contribution in [3.05, 3.63) is 110 Å². The fraction of sp³-hybridized carbons (Fsp3) is 0.0769. The van der Waals surface area contributed by atoms with Crippen molar-refractivity contribution >= 4 is 22.5 Å². The molecular weight excluding hydrogens is 410 g/mol. The van der Waals surface area contributed by atoms with Crippen LogP contribution in [0.3, 0.4) is 0 Å². The first kappa shape index (κ1) is 19.3. The summed E-state index contributed by atoms with van der Waals surface area (Å²) in [6, 6.07) is 25.6. The van der Waals surface area contributed by atoms with Crippen LogP contribution in [0.15, 0.2) is 88.5 Å². The Kier molecular flexibility index (Phi) is 4.72. The number of para-hydroxylation sites is 1. The summed E-state index contributed by atoms with van der Waals surface area (Å²) in [5, 5.41) is 0.901. The average Bonchev–Trinajstić information content (AvgIpc) is 3.13. The highest BCUT2D eigenvalue weighted by atomic mass is 35.5. The van der Waals surface area contributed by atoms with Crippen LogP contribution in [0.1, 0.15) is 5.56 Å². The topological polar surface area (TPSA) is 48.3 Å². The zero-order valence-corrected chi connectivity index (χ0v) is 17.5. The molecule has 0 radical (unpaired) electrons. The summed E-state index contributed by atoms with van der Waals surface area (Å²) in [6.45, 7) is 0.585. The second-order valence-electron chi connectivity index (χ2n) is 7.39. The monoisotopic (exact) mass is 427 g/mol. The third-order valence-corrected chi connectivity index (χ3v) is 5.98. The average molecular weight is 428 g/mol. The number of fused-ring (bicyclic) bond motifs is 1. The third kappa shape index (κ3) is 3.07. The lowest BCUT2D eigenvalue weighted by molar-refractivity contribution is 0.414. The van der Waals surface area contributed by atoms with E-state index in [1.807, 2.05) is 78.9 Å². The molecule has 0 unspecified atom stereocenters. The van der Waals surface area contributed by atoms with Crippen molar-refractivity contribution in [1.29, 1.82) is 0 Å². The molecule has 0 saturated carbocycles. The van der Waals surface area contributed by atoms with Gasteiger partial charge >= 0.3 is 0 Å². The fourth-order valence-electron chi connectivity index (χ4n) is 4.12. The number of ether oxygens (including phenoxy) is 1. The van der Waals surface area contributed by atoms with Crippen molar-refractivity contribution in [3.63, 3.8) is 0 Å². The van der Waals surface area contributed by atoms with Gasteiger partial charge in [-0.05, 0) is 29.3 Å². The molecule has 31 heavy (non-hydrogen) atoms. The van der Waals surface area contributed by atoms with Crippen LogP contribution in [0.5, 0.6) is 5.75 Å². The molecule has 1 aromatic heterocycles. The van der Waals surface area contributed by atoms with E-state index in [1.54, 1.807) is 7.11 Å². The quantitative estimate of drug-likeness (QED) is 0.358. The second-order valence-corrected chi connectivity index (χ2v) is 7.77. The van der Waals surface area contributed by atoms with Gasteiger partial charge in [-0.15, -0.1) is 0 Å². The Morgan fingerprint density at radius 3 is 2.16 bits per heavy atom. The molecule has 5 heteroatoms. The van der Waals surface area contributed by atoms with Gasteiger partial charge in [0.2, 0.25) is 10.9 Å². The first-order chi connectivity index (χ1) is 15.1. The first-order valence-corrected chi connectivity index (χ1v) is 10.3. The molecule has 4 aromatic carbocycles. The van der Waals surface area contributed by atoms with Crippen LogP contribution in [0.2, 0.25) is 5.02 Å². The zero-order chi connectivity index (χ0) is 21.5. The van der Waals surface area contributed by atoms with Gasteiger partial charge in [0.05, 0.1) is 18.4 Å². The fourth-order valence-corrected chi connectivity index (χ4v) is 4.38. The minimum atomic E-state index is -0.623. The highest BCUT2D eigenvalue weighted by molar-refractivity contribution is 6.35. The lowest BCUT2D eigenvalue weighted by Crippen LogP contribution is -2.33. The molecule has 0 aliphatic rings. The lowest BCUT2D eigenvalue weighted by atomic mass is 9.95. The third-order valence-electron chi connectivity index (χ3n) is 5.62. The predicted molar refractivity (Wildman–Crippen MR) is 125 cm³/mol. The number of hydrogen-bond donors (Lipinski definition) is 0. The maximum atomic E-state index is 12.5. The lowest BCUT2D eigenvalue weighted by Gasteiger charge is -2.14. The van der Waals surface area contributed by atoms with Crippen LogP contribution < -0.4 is 15.6 Å². The summed E-state index contributed by atoms with van der Waals surface area (Å²) in [6.07, 6.45) is 0. The SMILES string of the molecule is COc1ccc(Cn2c(-c3ccccc3)c(-c3c(Cl)c(=O)c3=O)c3ccccc32)cc1. The summed E-state index contributed by atoms with van der Waals surface area (Å²) in [7, 11) is 1.64. The van der Waals surface area contributed by atoms with E-state index in [1.165, 1.54) is 0 Å². The highest BCUT2D eigenvalue weighted by Crippen LogP contribution is 2.42. The molecule has 0 bridgehead atoms. The molecular formula is C26H18ClNO3. The number of aromatic nitrogens is 1. The molecule has 0 N–H and O–H groups in total. The van der Waals surface area contributed by atoms with Crippen molar-refractivity contribution in [1.82, 2.24) is 4.57 Å². The Balaban J connectivity index is 1.82. The van der Waals surface area contributed by atoms with Gasteiger partial charge in [0.1, 0.15) is 10.8 Å². The van der Waals surface area contributed by atoms with E-state index in [0.717, 1.165) is 33.5 Å². The summed E-state index contributed by atoms with van der Waals surface area (Å²) in [5.74, 6) is 0.792. The minimum absolute atomic E-state index is 0.00883. The van der Waals surface area contributed by atoms with E-state index >= 15 is 0 Å². The Bertz CT molecular complexity index is 1470. The molecule has 1 heterocycles. The van der Waals surface area contributed by atoms with Crippen molar-refractivity contribution in [2.75, 3.05) is 7.11 Å². The van der Waals surface area contributed by atoms with Crippen molar-refractivity contribution in [2.24, 2.45) is 0 Å². The smallest absolute Gasteiger partial charge is 0.245 e. The molecule has 0 spiro atoms. The number of halogens is 1. The van der Waals surface area contributed by atoms with Crippen LogP contribution in [-0.2, 0) is 6.54 Å². The van der Waals surface area contributed by atoms with Gasteiger partial charge in [-0.25, -0.2) is 0 Å². The van der Waals surface area contributed by atoms with Crippen LogP contribution >= 0.6 is 11.6 Å². The summed E-state index contributed by atoms with van der Waals surface area (Å²) < 4.78 is 7.45. The summed E-state index contributed by atoms with van der Waals surface area (Å²) >= 11 is 6.24.